The fraction of sp³-hybridized carbons (Fsp3) is 0.467. The number of fused-ring (bicyclic) bond motifs is 1. The van der Waals surface area contributed by atoms with Gasteiger partial charge in [0.15, 0.2) is 0 Å². The minimum Gasteiger partial charge on any atom is -0.494 e. The molecule has 1 aromatic heterocycles. The van der Waals surface area contributed by atoms with E-state index >= 15 is 0 Å². The molecule has 1 aliphatic rings. The largest absolute Gasteiger partial charge is 0.494 e. The number of nitrogens with zero attached hydrogens (tertiary/aromatic N) is 2. The summed E-state index contributed by atoms with van der Waals surface area (Å²) in [6.45, 7) is 4.44. The van der Waals surface area contributed by atoms with E-state index in [1.807, 2.05) is 19.1 Å². The Bertz CT molecular complexity index is 660. The standard InChI is InChI=1S/C15H19N3O2/c1-2-20-11-6-7-13-12(10-11)14(19)17-15(16-13)18-8-4-3-5-9-18/h6-7,10H,2-5,8-9H2,1H3,(H,16,17,19). The zero-order chi connectivity index (χ0) is 13.9. The van der Waals surface area contributed by atoms with Gasteiger partial charge in [-0.2, -0.15) is 0 Å². The molecule has 1 aromatic carbocycles. The average molecular weight is 273 g/mol. The first kappa shape index (κ1) is 13.0. The number of rotatable bonds is 3. The van der Waals surface area contributed by atoms with Crippen molar-refractivity contribution in [2.45, 2.75) is 26.2 Å². The van der Waals surface area contributed by atoms with Gasteiger partial charge in [-0.1, -0.05) is 0 Å². The zero-order valence-electron chi connectivity index (χ0n) is 11.7. The molecule has 0 bridgehead atoms. The van der Waals surface area contributed by atoms with Crippen molar-refractivity contribution in [2.75, 3.05) is 24.6 Å². The summed E-state index contributed by atoms with van der Waals surface area (Å²) >= 11 is 0. The van der Waals surface area contributed by atoms with E-state index in [0.717, 1.165) is 31.4 Å². The Hall–Kier alpha value is -2.04. The van der Waals surface area contributed by atoms with Gasteiger partial charge < -0.3 is 9.64 Å². The number of benzene rings is 1. The SMILES string of the molecule is CCOc1ccc2nc(N3CCCCC3)[nH]c(=O)c2c1. The van der Waals surface area contributed by atoms with Crippen LogP contribution < -0.4 is 15.2 Å². The molecule has 0 saturated carbocycles. The lowest BCUT2D eigenvalue weighted by atomic mass is 10.1. The predicted octanol–water partition coefficient (Wildman–Crippen LogP) is 2.31. The fourth-order valence-corrected chi connectivity index (χ4v) is 2.62. The van der Waals surface area contributed by atoms with Crippen LogP contribution in [0.3, 0.4) is 0 Å². The number of piperidine rings is 1. The molecular formula is C15H19N3O2. The van der Waals surface area contributed by atoms with Crippen molar-refractivity contribution in [1.82, 2.24) is 9.97 Å². The van der Waals surface area contributed by atoms with Gasteiger partial charge in [0.1, 0.15) is 5.75 Å². The number of ether oxygens (including phenoxy) is 1. The Morgan fingerprint density at radius 2 is 2.10 bits per heavy atom. The topological polar surface area (TPSA) is 58.2 Å². The summed E-state index contributed by atoms with van der Waals surface area (Å²) in [6, 6.07) is 5.46. The van der Waals surface area contributed by atoms with Crippen LogP contribution in [0.15, 0.2) is 23.0 Å². The highest BCUT2D eigenvalue weighted by molar-refractivity contribution is 5.80. The van der Waals surface area contributed by atoms with Gasteiger partial charge >= 0.3 is 0 Å². The number of nitrogens with one attached hydrogen (secondary N) is 1. The fourth-order valence-electron chi connectivity index (χ4n) is 2.62. The molecule has 1 fully saturated rings. The quantitative estimate of drug-likeness (QED) is 0.932. The number of aromatic amines is 1. The second-order valence-electron chi connectivity index (χ2n) is 5.05. The van der Waals surface area contributed by atoms with Gasteiger partial charge in [-0.05, 0) is 44.4 Å². The van der Waals surface area contributed by atoms with Crippen LogP contribution in [0.2, 0.25) is 0 Å². The van der Waals surface area contributed by atoms with Gasteiger partial charge in [-0.15, -0.1) is 0 Å². The summed E-state index contributed by atoms with van der Waals surface area (Å²) in [4.78, 5) is 21.8. The van der Waals surface area contributed by atoms with Gasteiger partial charge in [0.05, 0.1) is 17.5 Å². The number of anilines is 1. The molecule has 2 heterocycles. The van der Waals surface area contributed by atoms with E-state index in [9.17, 15) is 4.79 Å². The first-order chi connectivity index (χ1) is 9.78. The van der Waals surface area contributed by atoms with Gasteiger partial charge in [-0.3, -0.25) is 9.78 Å². The third-order valence-electron chi connectivity index (χ3n) is 3.63. The summed E-state index contributed by atoms with van der Waals surface area (Å²) in [5, 5.41) is 0.580. The molecule has 20 heavy (non-hydrogen) atoms. The molecule has 0 aliphatic carbocycles. The highest BCUT2D eigenvalue weighted by Crippen LogP contribution is 2.20. The Kier molecular flexibility index (Phi) is 3.58. The maximum absolute atomic E-state index is 12.2. The van der Waals surface area contributed by atoms with Crippen LogP contribution in [0.25, 0.3) is 10.9 Å². The van der Waals surface area contributed by atoms with Crippen LogP contribution >= 0.6 is 0 Å². The van der Waals surface area contributed by atoms with E-state index in [1.54, 1.807) is 6.07 Å². The molecule has 5 heteroatoms. The lowest BCUT2D eigenvalue weighted by Gasteiger charge is -2.27. The molecule has 0 atom stereocenters. The summed E-state index contributed by atoms with van der Waals surface area (Å²) in [7, 11) is 0. The van der Waals surface area contributed by atoms with E-state index in [0.29, 0.717) is 23.7 Å². The van der Waals surface area contributed by atoms with E-state index < -0.39 is 0 Å². The van der Waals surface area contributed by atoms with Crippen molar-refractivity contribution in [3.05, 3.63) is 28.6 Å². The summed E-state index contributed by atoms with van der Waals surface area (Å²) < 4.78 is 5.42. The predicted molar refractivity (Wildman–Crippen MR) is 79.6 cm³/mol. The molecule has 3 rings (SSSR count). The first-order valence-electron chi connectivity index (χ1n) is 7.20. The van der Waals surface area contributed by atoms with Crippen molar-refractivity contribution in [2.24, 2.45) is 0 Å². The molecule has 0 radical (unpaired) electrons. The minimum atomic E-state index is -0.0999. The molecular weight excluding hydrogens is 254 g/mol. The molecule has 1 saturated heterocycles. The van der Waals surface area contributed by atoms with Gasteiger partial charge in [0.2, 0.25) is 5.95 Å². The third-order valence-corrected chi connectivity index (χ3v) is 3.63. The summed E-state index contributed by atoms with van der Waals surface area (Å²) in [6.07, 6.45) is 3.57. The lowest BCUT2D eigenvalue weighted by molar-refractivity contribution is 0.340. The molecule has 0 unspecified atom stereocenters. The number of aromatic nitrogens is 2. The molecule has 0 spiro atoms. The van der Waals surface area contributed by atoms with Crippen molar-refractivity contribution in [3.8, 4) is 5.75 Å². The van der Waals surface area contributed by atoms with Gasteiger partial charge in [0.25, 0.3) is 5.56 Å². The highest BCUT2D eigenvalue weighted by atomic mass is 16.5. The Morgan fingerprint density at radius 1 is 1.30 bits per heavy atom. The Balaban J connectivity index is 2.01. The number of hydrogen-bond acceptors (Lipinski definition) is 4. The normalized spacial score (nSPS) is 15.6. The van der Waals surface area contributed by atoms with Crippen LogP contribution in [0.5, 0.6) is 5.75 Å². The lowest BCUT2D eigenvalue weighted by Crippen LogP contribution is -2.32. The summed E-state index contributed by atoms with van der Waals surface area (Å²) in [5.41, 5.74) is 0.620. The monoisotopic (exact) mass is 273 g/mol. The molecule has 0 amide bonds. The maximum Gasteiger partial charge on any atom is 0.260 e. The van der Waals surface area contributed by atoms with Crippen LogP contribution in [0.1, 0.15) is 26.2 Å². The van der Waals surface area contributed by atoms with Crippen molar-refractivity contribution >= 4 is 16.9 Å². The number of hydrogen-bond donors (Lipinski definition) is 1. The average Bonchev–Trinajstić information content (AvgIpc) is 2.49. The maximum atomic E-state index is 12.2. The molecule has 5 nitrogen and oxygen atoms in total. The van der Waals surface area contributed by atoms with Crippen molar-refractivity contribution < 1.29 is 4.74 Å². The Morgan fingerprint density at radius 3 is 2.85 bits per heavy atom. The second-order valence-corrected chi connectivity index (χ2v) is 5.05. The zero-order valence-corrected chi connectivity index (χ0v) is 11.7. The highest BCUT2D eigenvalue weighted by Gasteiger charge is 2.14. The van der Waals surface area contributed by atoms with E-state index in [-0.39, 0.29) is 5.56 Å². The number of H-pyrrole nitrogens is 1. The minimum absolute atomic E-state index is 0.0999. The second kappa shape index (κ2) is 5.53. The van der Waals surface area contributed by atoms with Gasteiger partial charge in [-0.25, -0.2) is 4.98 Å². The van der Waals surface area contributed by atoms with E-state index in [4.69, 9.17) is 4.74 Å². The third kappa shape index (κ3) is 2.48. The van der Waals surface area contributed by atoms with E-state index in [2.05, 4.69) is 14.9 Å². The molecule has 1 aliphatic heterocycles. The molecule has 1 N–H and O–H groups in total. The smallest absolute Gasteiger partial charge is 0.260 e. The van der Waals surface area contributed by atoms with Crippen LogP contribution in [-0.4, -0.2) is 29.7 Å². The van der Waals surface area contributed by atoms with Crippen LogP contribution in [0, 0.1) is 0 Å². The molecule has 2 aromatic rings. The van der Waals surface area contributed by atoms with Crippen LogP contribution in [-0.2, 0) is 0 Å². The Labute approximate surface area is 117 Å². The molecule has 106 valence electrons. The van der Waals surface area contributed by atoms with Crippen molar-refractivity contribution in [3.63, 3.8) is 0 Å². The first-order valence-corrected chi connectivity index (χ1v) is 7.20. The van der Waals surface area contributed by atoms with Crippen molar-refractivity contribution in [1.29, 1.82) is 0 Å². The van der Waals surface area contributed by atoms with E-state index in [1.165, 1.54) is 6.42 Å². The van der Waals surface area contributed by atoms with Crippen LogP contribution in [0.4, 0.5) is 5.95 Å². The van der Waals surface area contributed by atoms with Gasteiger partial charge in [0, 0.05) is 13.1 Å². The summed E-state index contributed by atoms with van der Waals surface area (Å²) in [5.74, 6) is 1.39.